The maximum atomic E-state index is 11.7. The molecule has 19 heavy (non-hydrogen) atoms. The second-order valence-corrected chi connectivity index (χ2v) is 9.01. The highest BCUT2D eigenvalue weighted by molar-refractivity contribution is 8.00. The fourth-order valence-electron chi connectivity index (χ4n) is 1.89. The molecule has 2 N–H and O–H groups in total. The Bertz CT molecular complexity index is 590. The molecule has 0 aromatic heterocycles. The summed E-state index contributed by atoms with van der Waals surface area (Å²) in [6.07, 6.45) is 0. The van der Waals surface area contributed by atoms with E-state index in [0.717, 1.165) is 10.6 Å². The minimum absolute atomic E-state index is 0.604. The Kier molecular flexibility index (Phi) is 4.35. The lowest BCUT2D eigenvalue weighted by Gasteiger charge is -2.23. The lowest BCUT2D eigenvalue weighted by molar-refractivity contribution is 0.596. The zero-order chi connectivity index (χ0) is 13.9. The van der Waals surface area contributed by atoms with Crippen molar-refractivity contribution in [3.63, 3.8) is 0 Å². The van der Waals surface area contributed by atoms with Crippen molar-refractivity contribution in [2.75, 3.05) is 0 Å². The molecule has 0 radical (unpaired) electrons. The van der Waals surface area contributed by atoms with Crippen LogP contribution in [0.25, 0.3) is 0 Å². The Morgan fingerprint density at radius 1 is 0.895 bits per heavy atom. The van der Waals surface area contributed by atoms with E-state index in [1.54, 1.807) is 6.92 Å². The van der Waals surface area contributed by atoms with Crippen molar-refractivity contribution in [2.45, 2.75) is 11.9 Å². The average Bonchev–Trinajstić information content (AvgIpc) is 2.40. The molecule has 100 valence electrons. The quantitative estimate of drug-likeness (QED) is 0.873. The van der Waals surface area contributed by atoms with Crippen LogP contribution in [0.1, 0.15) is 6.92 Å². The molecule has 0 bridgehead atoms. The molecule has 2 aromatic rings. The maximum absolute atomic E-state index is 11.7. The van der Waals surface area contributed by atoms with Crippen molar-refractivity contribution >= 4 is 28.6 Å². The van der Waals surface area contributed by atoms with E-state index < -0.39 is 22.9 Å². The summed E-state index contributed by atoms with van der Waals surface area (Å²) in [6, 6.07) is 19.4. The lowest BCUT2D eigenvalue weighted by atomic mass is 10.4. The van der Waals surface area contributed by atoms with E-state index in [4.69, 9.17) is 5.14 Å². The van der Waals surface area contributed by atoms with Gasteiger partial charge in [-0.3, -0.25) is 0 Å². The molecule has 0 saturated heterocycles. The molecular weight excluding hydrogens is 277 g/mol. The van der Waals surface area contributed by atoms with Gasteiger partial charge in [0.15, 0.2) is 0 Å². The molecule has 0 heterocycles. The van der Waals surface area contributed by atoms with E-state index in [1.807, 2.05) is 60.7 Å². The number of hydrogen-bond acceptors (Lipinski definition) is 2. The second kappa shape index (κ2) is 5.83. The van der Waals surface area contributed by atoms with Crippen molar-refractivity contribution in [1.29, 1.82) is 0 Å². The summed E-state index contributed by atoms with van der Waals surface area (Å²) >= 11 is 0. The summed E-state index contributed by atoms with van der Waals surface area (Å²) in [5.41, 5.74) is 0. The first kappa shape index (κ1) is 14.2. The van der Waals surface area contributed by atoms with Gasteiger partial charge in [-0.05, 0) is 25.5 Å². The summed E-state index contributed by atoms with van der Waals surface area (Å²) in [4.78, 5) is -0.604. The summed E-state index contributed by atoms with van der Waals surface area (Å²) < 4.78 is 23.4. The molecule has 0 aliphatic heterocycles. The smallest absolute Gasteiger partial charge is 0.216 e. The van der Waals surface area contributed by atoms with Crippen LogP contribution < -0.4 is 15.7 Å². The molecule has 5 heteroatoms. The molecular formula is C14H16NO2PS. The maximum Gasteiger partial charge on any atom is 0.216 e. The zero-order valence-electron chi connectivity index (χ0n) is 10.6. The fourth-order valence-corrected chi connectivity index (χ4v) is 5.92. The van der Waals surface area contributed by atoms with Crippen LogP contribution in [0.4, 0.5) is 0 Å². The van der Waals surface area contributed by atoms with Crippen molar-refractivity contribution < 1.29 is 8.42 Å². The Balaban J connectivity index is 2.52. The Morgan fingerprint density at radius 2 is 1.26 bits per heavy atom. The van der Waals surface area contributed by atoms with Crippen LogP contribution in [-0.2, 0) is 10.0 Å². The molecule has 0 amide bonds. The fraction of sp³-hybridized carbons (Fsp3) is 0.143. The molecule has 1 unspecified atom stereocenters. The van der Waals surface area contributed by atoms with Gasteiger partial charge in [-0.15, -0.1) is 0 Å². The van der Waals surface area contributed by atoms with Crippen LogP contribution in [0.5, 0.6) is 0 Å². The molecule has 0 aliphatic rings. The third-order valence-electron chi connectivity index (χ3n) is 2.91. The molecule has 0 saturated carbocycles. The van der Waals surface area contributed by atoms with Gasteiger partial charge in [0.25, 0.3) is 0 Å². The molecule has 1 atom stereocenters. The third kappa shape index (κ3) is 3.41. The molecule has 0 fully saturated rings. The van der Waals surface area contributed by atoms with E-state index in [9.17, 15) is 8.42 Å². The van der Waals surface area contributed by atoms with E-state index >= 15 is 0 Å². The largest absolute Gasteiger partial charge is 0.228 e. The highest BCUT2D eigenvalue weighted by atomic mass is 32.2. The summed E-state index contributed by atoms with van der Waals surface area (Å²) in [7, 11) is -4.58. The average molecular weight is 293 g/mol. The number of rotatable bonds is 4. The summed E-state index contributed by atoms with van der Waals surface area (Å²) in [5, 5.41) is 7.38. The van der Waals surface area contributed by atoms with Crippen LogP contribution in [0, 0.1) is 0 Å². The van der Waals surface area contributed by atoms with Crippen LogP contribution in [0.3, 0.4) is 0 Å². The first-order valence-electron chi connectivity index (χ1n) is 5.91. The van der Waals surface area contributed by atoms with Crippen LogP contribution >= 0.6 is 7.92 Å². The summed E-state index contributed by atoms with van der Waals surface area (Å²) in [5.74, 6) is 0. The van der Waals surface area contributed by atoms with Gasteiger partial charge in [0, 0.05) is 0 Å². The minimum Gasteiger partial charge on any atom is -0.228 e. The predicted octanol–water partition coefficient (Wildman–Crippen LogP) is 1.75. The van der Waals surface area contributed by atoms with Crippen LogP contribution in [0.2, 0.25) is 0 Å². The van der Waals surface area contributed by atoms with Crippen molar-refractivity contribution in [3.05, 3.63) is 60.7 Å². The Hall–Kier alpha value is -1.22. The van der Waals surface area contributed by atoms with E-state index in [0.29, 0.717) is 0 Å². The van der Waals surface area contributed by atoms with Gasteiger partial charge < -0.3 is 0 Å². The highest BCUT2D eigenvalue weighted by Gasteiger charge is 2.28. The zero-order valence-corrected chi connectivity index (χ0v) is 12.3. The number of benzene rings is 2. The van der Waals surface area contributed by atoms with Gasteiger partial charge in [-0.1, -0.05) is 60.7 Å². The van der Waals surface area contributed by atoms with Crippen LogP contribution in [0.15, 0.2) is 60.7 Å². The second-order valence-electron chi connectivity index (χ2n) is 4.23. The number of nitrogens with two attached hydrogens (primary N) is 1. The topological polar surface area (TPSA) is 60.2 Å². The third-order valence-corrected chi connectivity index (χ3v) is 7.81. The van der Waals surface area contributed by atoms with Gasteiger partial charge in [0.2, 0.25) is 10.0 Å². The van der Waals surface area contributed by atoms with Gasteiger partial charge in [0.05, 0.1) is 0 Å². The monoisotopic (exact) mass is 293 g/mol. The summed E-state index contributed by atoms with van der Waals surface area (Å²) in [6.45, 7) is 1.68. The van der Waals surface area contributed by atoms with Gasteiger partial charge in [-0.25, -0.2) is 13.6 Å². The molecule has 3 nitrogen and oxygen atoms in total. The molecule has 0 aliphatic carbocycles. The van der Waals surface area contributed by atoms with Crippen LogP contribution in [-0.4, -0.2) is 13.4 Å². The number of primary sulfonamides is 1. The van der Waals surface area contributed by atoms with E-state index in [-0.39, 0.29) is 0 Å². The Morgan fingerprint density at radius 3 is 1.58 bits per heavy atom. The van der Waals surface area contributed by atoms with Gasteiger partial charge >= 0.3 is 0 Å². The molecule has 2 aromatic carbocycles. The van der Waals surface area contributed by atoms with Crippen molar-refractivity contribution in [3.8, 4) is 0 Å². The molecule has 2 rings (SSSR count). The first-order valence-corrected chi connectivity index (χ1v) is 8.93. The number of hydrogen-bond donors (Lipinski definition) is 1. The predicted molar refractivity (Wildman–Crippen MR) is 81.6 cm³/mol. The van der Waals surface area contributed by atoms with Gasteiger partial charge in [-0.2, -0.15) is 0 Å². The SMILES string of the molecule is CC(P(c1ccccc1)c1ccccc1)S(N)(=O)=O. The standard InChI is InChI=1S/C14H16NO2PS/c1-12(19(15,16)17)18(13-8-4-2-5-9-13)14-10-6-3-7-11-14/h2-12H,1H3,(H2,15,16,17). The van der Waals surface area contributed by atoms with Crippen molar-refractivity contribution in [2.24, 2.45) is 5.14 Å². The van der Waals surface area contributed by atoms with Crippen molar-refractivity contribution in [1.82, 2.24) is 0 Å². The highest BCUT2D eigenvalue weighted by Crippen LogP contribution is 2.40. The first-order chi connectivity index (χ1) is 9.00. The van der Waals surface area contributed by atoms with Gasteiger partial charge in [0.1, 0.15) is 4.99 Å². The van der Waals surface area contributed by atoms with E-state index in [2.05, 4.69) is 0 Å². The minimum atomic E-state index is -3.57. The lowest BCUT2D eigenvalue weighted by Crippen LogP contribution is -2.31. The molecule has 0 spiro atoms. The van der Waals surface area contributed by atoms with E-state index in [1.165, 1.54) is 0 Å². The normalized spacial score (nSPS) is 13.4. The Labute approximate surface area is 115 Å². The number of sulfonamides is 1.